The minimum Gasteiger partial charge on any atom is -0.396 e. The van der Waals surface area contributed by atoms with E-state index in [0.29, 0.717) is 6.42 Å². The molecule has 98 valence electrons. The Morgan fingerprint density at radius 3 is 2.83 bits per heavy atom. The van der Waals surface area contributed by atoms with Crippen molar-refractivity contribution in [2.45, 2.75) is 18.9 Å². The van der Waals surface area contributed by atoms with Gasteiger partial charge in [0.25, 0.3) is 0 Å². The van der Waals surface area contributed by atoms with Gasteiger partial charge in [-0.05, 0) is 31.0 Å². The largest absolute Gasteiger partial charge is 0.396 e. The van der Waals surface area contributed by atoms with Crippen LogP contribution in [0.3, 0.4) is 0 Å². The molecule has 0 saturated carbocycles. The quantitative estimate of drug-likeness (QED) is 0.592. The van der Waals surface area contributed by atoms with Crippen LogP contribution in [0.25, 0.3) is 10.9 Å². The summed E-state index contributed by atoms with van der Waals surface area (Å²) in [7, 11) is 0. The van der Waals surface area contributed by atoms with E-state index in [-0.39, 0.29) is 19.3 Å². The van der Waals surface area contributed by atoms with Gasteiger partial charge >= 0.3 is 0 Å². The molecule has 0 bridgehead atoms. The number of benzene rings is 1. The van der Waals surface area contributed by atoms with Gasteiger partial charge in [0.15, 0.2) is 0 Å². The van der Waals surface area contributed by atoms with Gasteiger partial charge in [-0.25, -0.2) is 0 Å². The maximum absolute atomic E-state index is 9.11. The Kier molecular flexibility index (Phi) is 4.75. The van der Waals surface area contributed by atoms with Crippen LogP contribution in [0.4, 0.5) is 0 Å². The molecule has 1 unspecified atom stereocenters. The van der Waals surface area contributed by atoms with Gasteiger partial charge in [0.1, 0.15) is 0 Å². The first-order chi connectivity index (χ1) is 8.85. The predicted molar refractivity (Wildman–Crippen MR) is 72.6 cm³/mol. The third kappa shape index (κ3) is 3.10. The molecule has 2 rings (SSSR count). The number of hydrogen-bond donors (Lipinski definition) is 4. The Balaban J connectivity index is 1.90. The topological polar surface area (TPSA) is 68.3 Å². The van der Waals surface area contributed by atoms with Crippen LogP contribution in [0.15, 0.2) is 30.5 Å². The fourth-order valence-electron chi connectivity index (χ4n) is 2.16. The molecule has 1 aromatic carbocycles. The third-order valence-corrected chi connectivity index (χ3v) is 3.20. The SMILES string of the molecule is OCCC(CO)NCCc1c[nH]c2ccccc12. The zero-order chi connectivity index (χ0) is 12.8. The monoisotopic (exact) mass is 248 g/mol. The first-order valence-corrected chi connectivity index (χ1v) is 6.35. The first kappa shape index (κ1) is 13.1. The maximum atomic E-state index is 9.11. The number of aromatic nitrogens is 1. The van der Waals surface area contributed by atoms with Crippen molar-refractivity contribution in [1.29, 1.82) is 0 Å². The molecule has 0 radical (unpaired) electrons. The predicted octanol–water partition coefficient (Wildman–Crippen LogP) is 1.04. The Bertz CT molecular complexity index is 481. The van der Waals surface area contributed by atoms with Crippen molar-refractivity contribution in [3.05, 3.63) is 36.0 Å². The average molecular weight is 248 g/mol. The van der Waals surface area contributed by atoms with Gasteiger partial charge in [0, 0.05) is 29.7 Å². The van der Waals surface area contributed by atoms with Gasteiger partial charge in [0.05, 0.1) is 6.61 Å². The number of hydrogen-bond acceptors (Lipinski definition) is 3. The summed E-state index contributed by atoms with van der Waals surface area (Å²) in [6.07, 6.45) is 3.53. The highest BCUT2D eigenvalue weighted by Crippen LogP contribution is 2.17. The van der Waals surface area contributed by atoms with Crippen LogP contribution in [0.5, 0.6) is 0 Å². The second kappa shape index (κ2) is 6.54. The fourth-order valence-corrected chi connectivity index (χ4v) is 2.16. The minimum atomic E-state index is -0.0137. The van der Waals surface area contributed by atoms with Crippen molar-refractivity contribution in [1.82, 2.24) is 10.3 Å². The van der Waals surface area contributed by atoms with Gasteiger partial charge in [0.2, 0.25) is 0 Å². The molecule has 4 N–H and O–H groups in total. The fraction of sp³-hybridized carbons (Fsp3) is 0.429. The van der Waals surface area contributed by atoms with E-state index in [1.165, 1.54) is 10.9 Å². The molecule has 1 atom stereocenters. The van der Waals surface area contributed by atoms with Crippen molar-refractivity contribution >= 4 is 10.9 Å². The average Bonchev–Trinajstić information content (AvgIpc) is 2.81. The highest BCUT2D eigenvalue weighted by molar-refractivity contribution is 5.83. The van der Waals surface area contributed by atoms with Crippen LogP contribution >= 0.6 is 0 Å². The van der Waals surface area contributed by atoms with Crippen LogP contribution in [-0.2, 0) is 6.42 Å². The van der Waals surface area contributed by atoms with E-state index in [0.717, 1.165) is 18.5 Å². The lowest BCUT2D eigenvalue weighted by molar-refractivity contribution is 0.201. The molecule has 2 aromatic rings. The van der Waals surface area contributed by atoms with Crippen molar-refractivity contribution in [3.63, 3.8) is 0 Å². The minimum absolute atomic E-state index is 0.0137. The zero-order valence-corrected chi connectivity index (χ0v) is 10.4. The van der Waals surface area contributed by atoms with Gasteiger partial charge in [-0.2, -0.15) is 0 Å². The number of nitrogens with one attached hydrogen (secondary N) is 2. The van der Waals surface area contributed by atoms with E-state index in [9.17, 15) is 0 Å². The second-order valence-electron chi connectivity index (χ2n) is 4.46. The summed E-state index contributed by atoms with van der Waals surface area (Å²) in [6, 6.07) is 8.21. The number of H-pyrrole nitrogens is 1. The lowest BCUT2D eigenvalue weighted by Gasteiger charge is -2.14. The summed E-state index contributed by atoms with van der Waals surface area (Å²) < 4.78 is 0. The van der Waals surface area contributed by atoms with Gasteiger partial charge in [-0.1, -0.05) is 18.2 Å². The molecular weight excluding hydrogens is 228 g/mol. The molecule has 0 aliphatic rings. The van der Waals surface area contributed by atoms with E-state index in [1.807, 2.05) is 18.3 Å². The van der Waals surface area contributed by atoms with Crippen LogP contribution in [-0.4, -0.2) is 41.0 Å². The molecule has 4 heteroatoms. The Morgan fingerprint density at radius 1 is 1.22 bits per heavy atom. The molecule has 1 aromatic heterocycles. The number of para-hydroxylation sites is 1. The highest BCUT2D eigenvalue weighted by Gasteiger charge is 2.06. The van der Waals surface area contributed by atoms with Crippen LogP contribution in [0, 0.1) is 0 Å². The normalized spacial score (nSPS) is 13.0. The molecular formula is C14H20N2O2. The van der Waals surface area contributed by atoms with E-state index >= 15 is 0 Å². The van der Waals surface area contributed by atoms with Gasteiger partial charge < -0.3 is 20.5 Å². The van der Waals surface area contributed by atoms with Crippen molar-refractivity contribution in [2.24, 2.45) is 0 Å². The number of aliphatic hydroxyl groups is 2. The van der Waals surface area contributed by atoms with Crippen LogP contribution < -0.4 is 5.32 Å². The molecule has 0 spiro atoms. The van der Waals surface area contributed by atoms with Crippen molar-refractivity contribution in [3.8, 4) is 0 Å². The molecule has 4 nitrogen and oxygen atoms in total. The summed E-state index contributed by atoms with van der Waals surface area (Å²) in [5.41, 5.74) is 2.43. The van der Waals surface area contributed by atoms with Gasteiger partial charge in [-0.3, -0.25) is 0 Å². The number of aliphatic hydroxyl groups excluding tert-OH is 2. The number of rotatable bonds is 7. The van der Waals surface area contributed by atoms with E-state index in [1.54, 1.807) is 0 Å². The highest BCUT2D eigenvalue weighted by atomic mass is 16.3. The lowest BCUT2D eigenvalue weighted by atomic mass is 10.1. The van der Waals surface area contributed by atoms with Gasteiger partial charge in [-0.15, -0.1) is 0 Å². The summed E-state index contributed by atoms with van der Waals surface area (Å²) in [4.78, 5) is 3.25. The van der Waals surface area contributed by atoms with Crippen molar-refractivity contribution in [2.75, 3.05) is 19.8 Å². The number of aromatic amines is 1. The standard InChI is InChI=1S/C14H20N2O2/c17-8-6-12(10-18)15-7-5-11-9-16-14-4-2-1-3-13(11)14/h1-4,9,12,15-18H,5-8,10H2. The third-order valence-electron chi connectivity index (χ3n) is 3.20. The Hall–Kier alpha value is -1.36. The summed E-state index contributed by atoms with van der Waals surface area (Å²) >= 11 is 0. The summed E-state index contributed by atoms with van der Waals surface area (Å²) in [5.74, 6) is 0. The molecule has 0 fully saturated rings. The lowest BCUT2D eigenvalue weighted by Crippen LogP contribution is -2.34. The van der Waals surface area contributed by atoms with Crippen LogP contribution in [0.2, 0.25) is 0 Å². The molecule has 0 saturated heterocycles. The molecule has 18 heavy (non-hydrogen) atoms. The molecule has 0 aliphatic carbocycles. The van der Waals surface area contributed by atoms with Crippen LogP contribution in [0.1, 0.15) is 12.0 Å². The molecule has 1 heterocycles. The number of fused-ring (bicyclic) bond motifs is 1. The van der Waals surface area contributed by atoms with Crippen molar-refractivity contribution < 1.29 is 10.2 Å². The Labute approximate surface area is 107 Å². The zero-order valence-electron chi connectivity index (χ0n) is 10.4. The van der Waals surface area contributed by atoms with E-state index < -0.39 is 0 Å². The second-order valence-corrected chi connectivity index (χ2v) is 4.46. The summed E-state index contributed by atoms with van der Waals surface area (Å²) in [5, 5.41) is 22.4. The van der Waals surface area contributed by atoms with E-state index in [4.69, 9.17) is 10.2 Å². The molecule has 0 amide bonds. The smallest absolute Gasteiger partial charge is 0.0585 e. The molecule has 0 aliphatic heterocycles. The summed E-state index contributed by atoms with van der Waals surface area (Å²) in [6.45, 7) is 0.965. The maximum Gasteiger partial charge on any atom is 0.0585 e. The Morgan fingerprint density at radius 2 is 2.06 bits per heavy atom. The van der Waals surface area contributed by atoms with E-state index in [2.05, 4.69) is 22.4 Å². The first-order valence-electron chi connectivity index (χ1n) is 6.35.